The summed E-state index contributed by atoms with van der Waals surface area (Å²) in [6, 6.07) is 16.2. The molecule has 0 bridgehead atoms. The largest absolute Gasteiger partial charge is 0.366 e. The first-order valence-electron chi connectivity index (χ1n) is 9.97. The van der Waals surface area contributed by atoms with Gasteiger partial charge in [0.15, 0.2) is 4.96 Å². The van der Waals surface area contributed by atoms with E-state index in [9.17, 15) is 14.0 Å². The topological polar surface area (TPSA) is 57.9 Å². The van der Waals surface area contributed by atoms with Crippen molar-refractivity contribution in [3.8, 4) is 11.3 Å². The number of anilines is 1. The molecular weight excluding hydrogens is 415 g/mol. The highest BCUT2D eigenvalue weighted by atomic mass is 32.1. The molecule has 1 aliphatic heterocycles. The fourth-order valence-corrected chi connectivity index (χ4v) is 4.74. The Balaban J connectivity index is 1.41. The summed E-state index contributed by atoms with van der Waals surface area (Å²) in [5.41, 5.74) is 1.82. The van der Waals surface area contributed by atoms with Gasteiger partial charge >= 0.3 is 0 Å². The maximum Gasteiger partial charge on any atom is 0.271 e. The zero-order valence-electron chi connectivity index (χ0n) is 16.6. The van der Waals surface area contributed by atoms with Crippen molar-refractivity contribution in [3.05, 3.63) is 87.9 Å². The lowest BCUT2D eigenvalue weighted by Crippen LogP contribution is -2.50. The van der Waals surface area contributed by atoms with Crippen LogP contribution in [-0.4, -0.2) is 46.4 Å². The highest BCUT2D eigenvalue weighted by Gasteiger charge is 2.26. The zero-order chi connectivity index (χ0) is 21.4. The van der Waals surface area contributed by atoms with Crippen molar-refractivity contribution < 1.29 is 9.18 Å². The summed E-state index contributed by atoms with van der Waals surface area (Å²) >= 11 is 1.36. The van der Waals surface area contributed by atoms with E-state index in [1.165, 1.54) is 28.0 Å². The second-order valence-electron chi connectivity index (χ2n) is 7.31. The number of hydrogen-bond acceptors (Lipinski definition) is 5. The lowest BCUT2D eigenvalue weighted by Gasteiger charge is -2.36. The third kappa shape index (κ3) is 3.48. The molecule has 0 saturated carbocycles. The van der Waals surface area contributed by atoms with Gasteiger partial charge in [-0.2, -0.15) is 0 Å². The van der Waals surface area contributed by atoms with E-state index in [1.807, 2.05) is 40.6 Å². The normalized spacial score (nSPS) is 14.2. The molecule has 5 rings (SSSR count). The number of para-hydroxylation sites is 1. The molecule has 0 aliphatic carbocycles. The Labute approximate surface area is 181 Å². The van der Waals surface area contributed by atoms with E-state index in [4.69, 9.17) is 0 Å². The van der Waals surface area contributed by atoms with Gasteiger partial charge in [0.2, 0.25) is 0 Å². The summed E-state index contributed by atoms with van der Waals surface area (Å²) in [5, 5.41) is 1.88. The van der Waals surface area contributed by atoms with Crippen LogP contribution in [0.4, 0.5) is 10.1 Å². The second-order valence-corrected chi connectivity index (χ2v) is 8.15. The van der Waals surface area contributed by atoms with Gasteiger partial charge in [0.1, 0.15) is 11.4 Å². The number of halogens is 1. The van der Waals surface area contributed by atoms with Crippen molar-refractivity contribution >= 4 is 27.9 Å². The van der Waals surface area contributed by atoms with E-state index in [0.717, 1.165) is 11.3 Å². The molecule has 0 unspecified atom stereocenters. The van der Waals surface area contributed by atoms with Crippen LogP contribution in [-0.2, 0) is 0 Å². The molecule has 1 fully saturated rings. The Morgan fingerprint density at radius 1 is 0.968 bits per heavy atom. The summed E-state index contributed by atoms with van der Waals surface area (Å²) in [4.78, 5) is 34.8. The Hall–Kier alpha value is -3.52. The third-order valence-corrected chi connectivity index (χ3v) is 6.35. The molecule has 2 aromatic carbocycles. The number of thiazole rings is 1. The number of aromatic nitrogens is 2. The molecule has 8 heteroatoms. The smallest absolute Gasteiger partial charge is 0.271 e. The summed E-state index contributed by atoms with van der Waals surface area (Å²) in [6.45, 7) is 1.81. The molecule has 6 nitrogen and oxygen atoms in total. The van der Waals surface area contributed by atoms with Gasteiger partial charge in [0.05, 0.1) is 11.4 Å². The molecule has 0 spiro atoms. The monoisotopic (exact) mass is 434 g/mol. The summed E-state index contributed by atoms with van der Waals surface area (Å²) in [6.07, 6.45) is 1.37. The Morgan fingerprint density at radius 2 is 1.68 bits per heavy atom. The molecule has 1 saturated heterocycles. The fourth-order valence-electron chi connectivity index (χ4n) is 3.88. The number of carbonyl (C=O) groups excluding carboxylic acids is 1. The minimum Gasteiger partial charge on any atom is -0.366 e. The van der Waals surface area contributed by atoms with Gasteiger partial charge in [-0.25, -0.2) is 9.37 Å². The lowest BCUT2D eigenvalue weighted by atomic mass is 10.2. The standard InChI is InChI=1S/C23H19FN4O2S/c24-18-8-4-5-9-19(18)26-10-12-27(13-11-26)21(29)17-14-25-23-28(22(17)30)20(15-31-23)16-6-2-1-3-7-16/h1-9,14-15H,10-13H2. The lowest BCUT2D eigenvalue weighted by molar-refractivity contribution is 0.0744. The van der Waals surface area contributed by atoms with Crippen molar-refractivity contribution in [1.82, 2.24) is 14.3 Å². The van der Waals surface area contributed by atoms with Gasteiger partial charge in [-0.1, -0.05) is 42.5 Å². The van der Waals surface area contributed by atoms with Crippen molar-refractivity contribution in [2.45, 2.75) is 0 Å². The predicted octanol–water partition coefficient (Wildman–Crippen LogP) is 3.52. The summed E-state index contributed by atoms with van der Waals surface area (Å²) in [5.74, 6) is -0.619. The number of hydrogen-bond donors (Lipinski definition) is 0. The van der Waals surface area contributed by atoms with E-state index in [2.05, 4.69) is 4.98 Å². The maximum absolute atomic E-state index is 14.1. The SMILES string of the molecule is O=C(c1cnc2scc(-c3ccccc3)n2c1=O)N1CCN(c2ccccc2F)CC1. The number of fused-ring (bicyclic) bond motifs is 1. The van der Waals surface area contributed by atoms with Crippen molar-refractivity contribution in [1.29, 1.82) is 0 Å². The van der Waals surface area contributed by atoms with Gasteiger partial charge < -0.3 is 9.80 Å². The third-order valence-electron chi connectivity index (χ3n) is 5.51. The van der Waals surface area contributed by atoms with Crippen LogP contribution in [0.5, 0.6) is 0 Å². The van der Waals surface area contributed by atoms with E-state index in [1.54, 1.807) is 23.1 Å². The fraction of sp³-hybridized carbons (Fsp3) is 0.174. The van der Waals surface area contributed by atoms with Gasteiger partial charge in [-0.3, -0.25) is 14.0 Å². The molecule has 2 aromatic heterocycles. The Kier molecular flexibility index (Phi) is 4.99. The first-order chi connectivity index (χ1) is 15.1. The van der Waals surface area contributed by atoms with E-state index >= 15 is 0 Å². The van der Waals surface area contributed by atoms with Gasteiger partial charge in [-0.05, 0) is 17.7 Å². The van der Waals surface area contributed by atoms with Crippen LogP contribution in [0.15, 0.2) is 71.0 Å². The average Bonchev–Trinajstić information content (AvgIpc) is 3.25. The van der Waals surface area contributed by atoms with E-state index < -0.39 is 0 Å². The maximum atomic E-state index is 14.1. The van der Waals surface area contributed by atoms with Crippen LogP contribution in [0.25, 0.3) is 16.2 Å². The molecular formula is C23H19FN4O2S. The Morgan fingerprint density at radius 3 is 2.42 bits per heavy atom. The first-order valence-corrected chi connectivity index (χ1v) is 10.8. The number of rotatable bonds is 3. The summed E-state index contributed by atoms with van der Waals surface area (Å²) < 4.78 is 15.6. The van der Waals surface area contributed by atoms with E-state index in [0.29, 0.717) is 36.8 Å². The van der Waals surface area contributed by atoms with Crippen LogP contribution in [0, 0.1) is 5.82 Å². The molecule has 0 radical (unpaired) electrons. The average molecular weight is 434 g/mol. The molecule has 156 valence electrons. The number of piperazine rings is 1. The quantitative estimate of drug-likeness (QED) is 0.495. The molecule has 1 aliphatic rings. The minimum absolute atomic E-state index is 0.0485. The van der Waals surface area contributed by atoms with Crippen LogP contribution in [0.3, 0.4) is 0 Å². The molecule has 31 heavy (non-hydrogen) atoms. The van der Waals surface area contributed by atoms with Crippen molar-refractivity contribution in [3.63, 3.8) is 0 Å². The molecule has 1 amide bonds. The molecule has 0 atom stereocenters. The highest BCUT2D eigenvalue weighted by Crippen LogP contribution is 2.24. The van der Waals surface area contributed by atoms with Gasteiger partial charge in [0.25, 0.3) is 11.5 Å². The molecule has 0 N–H and O–H groups in total. The van der Waals surface area contributed by atoms with Crippen LogP contribution in [0.1, 0.15) is 10.4 Å². The number of benzene rings is 2. The highest BCUT2D eigenvalue weighted by molar-refractivity contribution is 7.15. The zero-order valence-corrected chi connectivity index (χ0v) is 17.4. The van der Waals surface area contributed by atoms with Crippen LogP contribution >= 0.6 is 11.3 Å². The van der Waals surface area contributed by atoms with Gasteiger partial charge in [0, 0.05) is 37.8 Å². The molecule has 3 heterocycles. The second kappa shape index (κ2) is 7.96. The number of carbonyl (C=O) groups is 1. The summed E-state index contributed by atoms with van der Waals surface area (Å²) in [7, 11) is 0. The number of nitrogens with zero attached hydrogens (tertiary/aromatic N) is 4. The van der Waals surface area contributed by atoms with Crippen LogP contribution in [0.2, 0.25) is 0 Å². The Bertz CT molecular complexity index is 1310. The van der Waals surface area contributed by atoms with Gasteiger partial charge in [-0.15, -0.1) is 11.3 Å². The number of amides is 1. The van der Waals surface area contributed by atoms with Crippen LogP contribution < -0.4 is 10.5 Å². The molecule has 4 aromatic rings. The first kappa shape index (κ1) is 19.4. The predicted molar refractivity (Wildman–Crippen MR) is 119 cm³/mol. The minimum atomic E-state index is -0.369. The van der Waals surface area contributed by atoms with Crippen molar-refractivity contribution in [2.75, 3.05) is 31.1 Å². The van der Waals surface area contributed by atoms with E-state index in [-0.39, 0.29) is 22.8 Å². The van der Waals surface area contributed by atoms with Crippen molar-refractivity contribution in [2.24, 2.45) is 0 Å².